The Kier molecular flexibility index (Phi) is 10.3. The maximum Gasteiger partial charge on any atom is 0.254 e. The standard InChI is InChI=1S/C18H26N2.C2H4O2/c1-2-3-4-5-6-10-13-18-19-14-15-20(18)16-17-11-8-7-9-12-17;1-2(3)4/h7-9,11-12,14-15H,2-6,10,13,16H2,1H3;1H3,(H,3,4). The van der Waals surface area contributed by atoms with Gasteiger partial charge in [0.2, 0.25) is 0 Å². The minimum atomic E-state index is -1.08. The largest absolute Gasteiger partial charge is 0.550 e. The first-order valence-corrected chi connectivity index (χ1v) is 8.90. The highest BCUT2D eigenvalue weighted by atomic mass is 16.4. The number of aromatic nitrogens is 2. The molecule has 0 aliphatic rings. The molecule has 1 aromatic heterocycles. The van der Waals surface area contributed by atoms with Gasteiger partial charge in [0.1, 0.15) is 18.9 Å². The van der Waals surface area contributed by atoms with Gasteiger partial charge >= 0.3 is 0 Å². The molecule has 0 radical (unpaired) electrons. The summed E-state index contributed by atoms with van der Waals surface area (Å²) in [5.74, 6) is 0.268. The van der Waals surface area contributed by atoms with Crippen LogP contribution in [-0.2, 0) is 17.8 Å². The lowest BCUT2D eigenvalue weighted by atomic mass is 10.1. The van der Waals surface area contributed by atoms with Crippen LogP contribution in [0.4, 0.5) is 0 Å². The second-order valence-electron chi connectivity index (χ2n) is 6.03. The van der Waals surface area contributed by atoms with E-state index in [0.717, 1.165) is 19.9 Å². The Bertz CT molecular complexity index is 560. The van der Waals surface area contributed by atoms with E-state index >= 15 is 0 Å². The summed E-state index contributed by atoms with van der Waals surface area (Å²) in [5, 5.41) is 8.89. The van der Waals surface area contributed by atoms with E-state index in [1.165, 1.54) is 49.9 Å². The molecule has 0 spiro atoms. The number of aliphatic carboxylic acids is 1. The second-order valence-corrected chi connectivity index (χ2v) is 6.03. The molecule has 0 amide bonds. The number of aromatic amines is 1. The molecular weight excluding hydrogens is 300 g/mol. The molecule has 0 bridgehead atoms. The van der Waals surface area contributed by atoms with E-state index < -0.39 is 5.97 Å². The van der Waals surface area contributed by atoms with Crippen LogP contribution in [-0.4, -0.2) is 11.0 Å². The maximum atomic E-state index is 8.89. The van der Waals surface area contributed by atoms with Gasteiger partial charge in [0.15, 0.2) is 0 Å². The van der Waals surface area contributed by atoms with Gasteiger partial charge in [-0.2, -0.15) is 0 Å². The minimum absolute atomic E-state index is 0.968. The van der Waals surface area contributed by atoms with Crippen LogP contribution < -0.4 is 9.67 Å². The van der Waals surface area contributed by atoms with Crippen LogP contribution >= 0.6 is 0 Å². The number of unbranched alkanes of at least 4 members (excludes halogenated alkanes) is 5. The predicted molar refractivity (Wildman–Crippen MR) is 94.3 cm³/mol. The van der Waals surface area contributed by atoms with Gasteiger partial charge in [-0.1, -0.05) is 69.4 Å². The number of benzene rings is 1. The van der Waals surface area contributed by atoms with Crippen LogP contribution in [0.25, 0.3) is 0 Å². The molecule has 4 heteroatoms. The summed E-state index contributed by atoms with van der Waals surface area (Å²) < 4.78 is 2.33. The quantitative estimate of drug-likeness (QED) is 0.567. The van der Waals surface area contributed by atoms with Crippen LogP contribution in [0.2, 0.25) is 0 Å². The van der Waals surface area contributed by atoms with Crippen LogP contribution in [0.1, 0.15) is 63.8 Å². The predicted octanol–water partition coefficient (Wildman–Crippen LogP) is 3.01. The first kappa shape index (κ1) is 19.9. The Morgan fingerprint density at radius 3 is 2.38 bits per heavy atom. The van der Waals surface area contributed by atoms with E-state index in [-0.39, 0.29) is 0 Å². The number of carboxylic acid groups (broad SMARTS) is 1. The lowest BCUT2D eigenvalue weighted by Gasteiger charge is -2.02. The Hall–Kier alpha value is -2.10. The van der Waals surface area contributed by atoms with Crippen molar-refractivity contribution in [3.05, 3.63) is 54.1 Å². The van der Waals surface area contributed by atoms with Crippen molar-refractivity contribution < 1.29 is 14.5 Å². The summed E-state index contributed by atoms with van der Waals surface area (Å²) in [7, 11) is 0. The molecule has 132 valence electrons. The molecule has 0 saturated heterocycles. The molecule has 4 nitrogen and oxygen atoms in total. The molecule has 0 atom stereocenters. The van der Waals surface area contributed by atoms with Gasteiger partial charge in [-0.3, -0.25) is 0 Å². The lowest BCUT2D eigenvalue weighted by molar-refractivity contribution is -0.694. The smallest absolute Gasteiger partial charge is 0.254 e. The number of carbonyl (C=O) groups excluding carboxylic acids is 1. The summed E-state index contributed by atoms with van der Waals surface area (Å²) in [6.45, 7) is 4.21. The molecular formula is C20H30N2O2. The van der Waals surface area contributed by atoms with Crippen LogP contribution in [0.5, 0.6) is 0 Å². The summed E-state index contributed by atoms with van der Waals surface area (Å²) in [5.41, 5.74) is 1.36. The molecule has 0 aliphatic heterocycles. The van der Waals surface area contributed by atoms with Crippen LogP contribution in [0.15, 0.2) is 42.7 Å². The molecule has 1 aromatic carbocycles. The molecule has 0 unspecified atom stereocenters. The number of imidazole rings is 1. The first-order chi connectivity index (χ1) is 11.6. The van der Waals surface area contributed by atoms with Crippen molar-refractivity contribution in [1.29, 1.82) is 0 Å². The zero-order valence-corrected chi connectivity index (χ0v) is 15.0. The van der Waals surface area contributed by atoms with E-state index in [4.69, 9.17) is 9.90 Å². The van der Waals surface area contributed by atoms with Gasteiger partial charge in [-0.05, 0) is 18.9 Å². The Morgan fingerprint density at radius 2 is 1.71 bits per heavy atom. The van der Waals surface area contributed by atoms with Gasteiger partial charge in [0, 0.05) is 12.4 Å². The van der Waals surface area contributed by atoms with E-state index in [1.54, 1.807) is 0 Å². The first-order valence-electron chi connectivity index (χ1n) is 8.90. The third kappa shape index (κ3) is 9.13. The SMILES string of the molecule is CC(=O)[O-].CCCCCCCCc1[nH]cc[n+]1Cc1ccccc1. The van der Waals surface area contributed by atoms with Gasteiger partial charge in [-0.25, -0.2) is 9.55 Å². The molecule has 1 N–H and O–H groups in total. The monoisotopic (exact) mass is 330 g/mol. The molecule has 2 aromatic rings. The highest BCUT2D eigenvalue weighted by Crippen LogP contribution is 2.07. The van der Waals surface area contributed by atoms with Crippen molar-refractivity contribution in [1.82, 2.24) is 4.98 Å². The highest BCUT2D eigenvalue weighted by Gasteiger charge is 2.10. The molecule has 0 fully saturated rings. The zero-order chi connectivity index (χ0) is 17.6. The van der Waals surface area contributed by atoms with Crippen molar-refractivity contribution in [3.8, 4) is 0 Å². The fourth-order valence-corrected chi connectivity index (χ4v) is 2.61. The number of rotatable bonds is 9. The Labute approximate surface area is 145 Å². The average Bonchev–Trinajstić information content (AvgIpc) is 2.98. The fourth-order valence-electron chi connectivity index (χ4n) is 2.61. The number of nitrogens with one attached hydrogen (secondary N) is 1. The summed E-state index contributed by atoms with van der Waals surface area (Å²) in [6, 6.07) is 10.7. The van der Waals surface area contributed by atoms with Gasteiger partial charge in [0.25, 0.3) is 5.82 Å². The molecule has 2 rings (SSSR count). The fraction of sp³-hybridized carbons (Fsp3) is 0.500. The molecule has 1 heterocycles. The van der Waals surface area contributed by atoms with Gasteiger partial charge in [-0.15, -0.1) is 0 Å². The third-order valence-corrected chi connectivity index (χ3v) is 3.81. The number of hydrogen-bond acceptors (Lipinski definition) is 2. The Balaban J connectivity index is 0.000000648. The molecule has 0 aliphatic carbocycles. The van der Waals surface area contributed by atoms with Crippen molar-refractivity contribution in [2.24, 2.45) is 0 Å². The van der Waals surface area contributed by atoms with Crippen molar-refractivity contribution in [3.63, 3.8) is 0 Å². The summed E-state index contributed by atoms with van der Waals surface area (Å²) >= 11 is 0. The van der Waals surface area contributed by atoms with E-state index in [2.05, 4.69) is 59.2 Å². The van der Waals surface area contributed by atoms with Crippen LogP contribution in [0, 0.1) is 0 Å². The number of carboxylic acids is 1. The van der Waals surface area contributed by atoms with E-state index in [1.807, 2.05) is 0 Å². The van der Waals surface area contributed by atoms with Crippen LogP contribution in [0.3, 0.4) is 0 Å². The highest BCUT2D eigenvalue weighted by molar-refractivity contribution is 5.60. The van der Waals surface area contributed by atoms with Crippen molar-refractivity contribution >= 4 is 5.97 Å². The maximum absolute atomic E-state index is 8.89. The minimum Gasteiger partial charge on any atom is -0.550 e. The van der Waals surface area contributed by atoms with E-state index in [9.17, 15) is 0 Å². The summed E-state index contributed by atoms with van der Waals surface area (Å²) in [4.78, 5) is 12.3. The summed E-state index contributed by atoms with van der Waals surface area (Å²) in [6.07, 6.45) is 13.5. The molecule has 24 heavy (non-hydrogen) atoms. The normalized spacial score (nSPS) is 10.1. The zero-order valence-electron chi connectivity index (χ0n) is 15.0. The molecule has 0 saturated carbocycles. The number of carbonyl (C=O) groups is 1. The lowest BCUT2D eigenvalue weighted by Crippen LogP contribution is -2.36. The topological polar surface area (TPSA) is 59.8 Å². The second kappa shape index (κ2) is 12.3. The third-order valence-electron chi connectivity index (χ3n) is 3.81. The van der Waals surface area contributed by atoms with Gasteiger partial charge < -0.3 is 9.90 Å². The number of aryl methyl sites for hydroxylation is 1. The van der Waals surface area contributed by atoms with Gasteiger partial charge in [0.05, 0.1) is 0 Å². The Morgan fingerprint density at radius 1 is 1.08 bits per heavy atom. The number of H-pyrrole nitrogens is 1. The van der Waals surface area contributed by atoms with E-state index in [0.29, 0.717) is 0 Å². The number of hydrogen-bond donors (Lipinski definition) is 1. The average molecular weight is 330 g/mol. The van der Waals surface area contributed by atoms with Crippen molar-refractivity contribution in [2.75, 3.05) is 0 Å². The number of nitrogens with zero attached hydrogens (tertiary/aromatic N) is 1. The van der Waals surface area contributed by atoms with Crippen molar-refractivity contribution in [2.45, 2.75) is 65.3 Å².